The SMILES string of the molecule is CCC(O)c1cc(C)c(Nc2scnc2-c2cc(NC(=O)[C@H]3C[C@H]3F)ncn2)cn1. The number of aryl methyl sites for hydroxylation is 1. The van der Waals surface area contributed by atoms with Crippen LogP contribution in [0.15, 0.2) is 30.2 Å². The third-order valence-electron chi connectivity index (χ3n) is 4.89. The minimum Gasteiger partial charge on any atom is -0.387 e. The van der Waals surface area contributed by atoms with E-state index >= 15 is 0 Å². The van der Waals surface area contributed by atoms with Crippen LogP contribution in [-0.4, -0.2) is 37.1 Å². The fraction of sp³-hybridized carbons (Fsp3) is 0.350. The maximum Gasteiger partial charge on any atom is 0.231 e. The van der Waals surface area contributed by atoms with Crippen LogP contribution in [-0.2, 0) is 4.79 Å². The molecule has 0 bridgehead atoms. The van der Waals surface area contributed by atoms with Gasteiger partial charge in [-0.1, -0.05) is 6.92 Å². The second kappa shape index (κ2) is 8.41. The first-order valence-electron chi connectivity index (χ1n) is 9.58. The first-order valence-corrected chi connectivity index (χ1v) is 10.5. The third kappa shape index (κ3) is 4.29. The minimum atomic E-state index is -1.07. The number of anilines is 3. The summed E-state index contributed by atoms with van der Waals surface area (Å²) in [6, 6.07) is 3.46. The lowest BCUT2D eigenvalue weighted by Gasteiger charge is -2.12. The van der Waals surface area contributed by atoms with E-state index in [1.807, 2.05) is 19.9 Å². The monoisotopic (exact) mass is 428 g/mol. The molecule has 3 atom stereocenters. The van der Waals surface area contributed by atoms with Crippen molar-refractivity contribution in [3.05, 3.63) is 41.4 Å². The summed E-state index contributed by atoms with van der Waals surface area (Å²) >= 11 is 1.40. The molecule has 0 aromatic carbocycles. The fourth-order valence-electron chi connectivity index (χ4n) is 2.95. The number of amides is 1. The number of aliphatic hydroxyl groups excluding tert-OH is 1. The van der Waals surface area contributed by atoms with E-state index in [2.05, 4.69) is 30.6 Å². The largest absolute Gasteiger partial charge is 0.387 e. The van der Waals surface area contributed by atoms with E-state index in [1.54, 1.807) is 17.8 Å². The highest BCUT2D eigenvalue weighted by atomic mass is 32.1. The molecule has 30 heavy (non-hydrogen) atoms. The summed E-state index contributed by atoms with van der Waals surface area (Å²) in [6.45, 7) is 3.83. The predicted octanol–water partition coefficient (Wildman–Crippen LogP) is 3.79. The molecule has 1 aliphatic rings. The van der Waals surface area contributed by atoms with Gasteiger partial charge in [0.1, 0.15) is 29.0 Å². The zero-order valence-electron chi connectivity index (χ0n) is 16.5. The van der Waals surface area contributed by atoms with Crippen LogP contribution in [0.2, 0.25) is 0 Å². The van der Waals surface area contributed by atoms with Crippen molar-refractivity contribution < 1.29 is 14.3 Å². The molecule has 156 valence electrons. The van der Waals surface area contributed by atoms with Gasteiger partial charge in [0.05, 0.1) is 40.8 Å². The number of aromatic nitrogens is 4. The molecule has 8 nitrogen and oxygen atoms in total. The predicted molar refractivity (Wildman–Crippen MR) is 112 cm³/mol. The number of alkyl halides is 1. The van der Waals surface area contributed by atoms with Gasteiger partial charge >= 0.3 is 0 Å². The Labute approximate surface area is 176 Å². The second-order valence-corrected chi connectivity index (χ2v) is 7.99. The van der Waals surface area contributed by atoms with Crippen molar-refractivity contribution in [2.24, 2.45) is 5.92 Å². The smallest absolute Gasteiger partial charge is 0.231 e. The number of carbonyl (C=O) groups excluding carboxylic acids is 1. The first-order chi connectivity index (χ1) is 14.5. The minimum absolute atomic E-state index is 0.255. The molecule has 10 heteroatoms. The van der Waals surface area contributed by atoms with E-state index in [-0.39, 0.29) is 12.3 Å². The highest BCUT2D eigenvalue weighted by Gasteiger charge is 2.43. The summed E-state index contributed by atoms with van der Waals surface area (Å²) < 4.78 is 13.1. The molecule has 1 unspecified atom stereocenters. The molecular weight excluding hydrogens is 407 g/mol. The molecule has 0 saturated heterocycles. The normalized spacial score (nSPS) is 18.7. The molecule has 1 saturated carbocycles. The first kappa shape index (κ1) is 20.3. The number of hydrogen-bond donors (Lipinski definition) is 3. The number of nitrogens with zero attached hydrogens (tertiary/aromatic N) is 4. The van der Waals surface area contributed by atoms with Crippen LogP contribution in [0, 0.1) is 12.8 Å². The van der Waals surface area contributed by atoms with Crippen LogP contribution in [0.4, 0.5) is 20.9 Å². The number of hydrogen-bond acceptors (Lipinski definition) is 8. The third-order valence-corrected chi connectivity index (χ3v) is 5.63. The number of rotatable bonds is 7. The van der Waals surface area contributed by atoms with Gasteiger partial charge in [0, 0.05) is 6.07 Å². The number of halogens is 1. The lowest BCUT2D eigenvalue weighted by Crippen LogP contribution is -2.16. The van der Waals surface area contributed by atoms with Gasteiger partial charge in [0.15, 0.2) is 0 Å². The average Bonchev–Trinajstić information content (AvgIpc) is 3.30. The molecule has 0 aliphatic heterocycles. The van der Waals surface area contributed by atoms with Crippen LogP contribution in [0.3, 0.4) is 0 Å². The molecule has 3 heterocycles. The maximum atomic E-state index is 13.1. The van der Waals surface area contributed by atoms with Crippen LogP contribution >= 0.6 is 11.3 Å². The molecule has 3 N–H and O–H groups in total. The van der Waals surface area contributed by atoms with Gasteiger partial charge in [-0.25, -0.2) is 19.3 Å². The summed E-state index contributed by atoms with van der Waals surface area (Å²) in [7, 11) is 0. The number of nitrogens with one attached hydrogen (secondary N) is 2. The number of aliphatic hydroxyl groups is 1. The van der Waals surface area contributed by atoms with Crippen LogP contribution in [0.25, 0.3) is 11.4 Å². The van der Waals surface area contributed by atoms with Crippen LogP contribution < -0.4 is 10.6 Å². The molecule has 1 amide bonds. The Bertz CT molecular complexity index is 1070. The van der Waals surface area contributed by atoms with Crippen LogP contribution in [0.5, 0.6) is 0 Å². The van der Waals surface area contributed by atoms with Crippen molar-refractivity contribution in [3.8, 4) is 11.4 Å². The molecule has 0 spiro atoms. The van der Waals surface area contributed by atoms with Gasteiger partial charge in [-0.3, -0.25) is 9.78 Å². The Morgan fingerprint density at radius 3 is 2.83 bits per heavy atom. The molecule has 0 radical (unpaired) electrons. The fourth-order valence-corrected chi connectivity index (χ4v) is 3.65. The van der Waals surface area contributed by atoms with E-state index < -0.39 is 18.2 Å². The summed E-state index contributed by atoms with van der Waals surface area (Å²) in [4.78, 5) is 29.0. The Balaban J connectivity index is 1.54. The van der Waals surface area contributed by atoms with E-state index in [0.29, 0.717) is 29.3 Å². The van der Waals surface area contributed by atoms with E-state index in [9.17, 15) is 14.3 Å². The summed E-state index contributed by atoms with van der Waals surface area (Å²) in [5.41, 5.74) is 5.18. The zero-order valence-corrected chi connectivity index (χ0v) is 17.3. The summed E-state index contributed by atoms with van der Waals surface area (Å²) in [6.07, 6.45) is 2.21. The highest BCUT2D eigenvalue weighted by molar-refractivity contribution is 7.14. The highest BCUT2D eigenvalue weighted by Crippen LogP contribution is 2.36. The van der Waals surface area contributed by atoms with Gasteiger partial charge in [-0.2, -0.15) is 0 Å². The standard InChI is InChI=1S/C20H21FN6O2S/c1-3-16(28)13-4-10(2)15(7-22-13)26-20-18(25-9-30-20)14-6-17(24-8-23-14)27-19(29)11-5-12(11)21/h4,6-9,11-12,16,26,28H,3,5H2,1-2H3,(H,23,24,27,29)/t11-,12+,16?/m0/s1. The van der Waals surface area contributed by atoms with Gasteiger partial charge in [0.25, 0.3) is 0 Å². The van der Waals surface area contributed by atoms with Crippen LogP contribution in [0.1, 0.15) is 37.1 Å². The van der Waals surface area contributed by atoms with E-state index in [0.717, 1.165) is 16.3 Å². The van der Waals surface area contributed by atoms with Crippen molar-refractivity contribution in [1.29, 1.82) is 0 Å². The molecule has 1 aliphatic carbocycles. The Morgan fingerprint density at radius 2 is 2.13 bits per heavy atom. The Hall–Kier alpha value is -2.98. The number of thiazole rings is 1. The molecule has 3 aromatic heterocycles. The van der Waals surface area contributed by atoms with Gasteiger partial charge < -0.3 is 15.7 Å². The topological polar surface area (TPSA) is 113 Å². The molecular formula is C20H21FN6O2S. The molecule has 1 fully saturated rings. The van der Waals surface area contributed by atoms with Gasteiger partial charge in [-0.15, -0.1) is 11.3 Å². The van der Waals surface area contributed by atoms with Gasteiger partial charge in [-0.05, 0) is 31.4 Å². The van der Waals surface area contributed by atoms with Crippen molar-refractivity contribution >= 4 is 33.8 Å². The summed E-state index contributed by atoms with van der Waals surface area (Å²) in [5.74, 6) is -0.664. The van der Waals surface area contributed by atoms with Crippen molar-refractivity contribution in [2.45, 2.75) is 39.0 Å². The Morgan fingerprint density at radius 1 is 1.33 bits per heavy atom. The number of carbonyl (C=O) groups is 1. The molecule has 4 rings (SSSR count). The lowest BCUT2D eigenvalue weighted by molar-refractivity contribution is -0.117. The Kier molecular flexibility index (Phi) is 5.69. The maximum absolute atomic E-state index is 13.1. The van der Waals surface area contributed by atoms with Crippen molar-refractivity contribution in [2.75, 3.05) is 10.6 Å². The summed E-state index contributed by atoms with van der Waals surface area (Å²) in [5, 5.41) is 16.7. The lowest BCUT2D eigenvalue weighted by atomic mass is 10.1. The zero-order chi connectivity index (χ0) is 21.3. The quantitative estimate of drug-likeness (QED) is 0.525. The van der Waals surface area contributed by atoms with Gasteiger partial charge in [0.2, 0.25) is 5.91 Å². The second-order valence-electron chi connectivity index (χ2n) is 7.14. The van der Waals surface area contributed by atoms with E-state index in [1.165, 1.54) is 17.7 Å². The van der Waals surface area contributed by atoms with E-state index in [4.69, 9.17) is 0 Å². The average molecular weight is 428 g/mol. The molecule has 3 aromatic rings. The number of pyridine rings is 1. The van der Waals surface area contributed by atoms with Crippen molar-refractivity contribution in [3.63, 3.8) is 0 Å². The van der Waals surface area contributed by atoms with Crippen molar-refractivity contribution in [1.82, 2.24) is 19.9 Å².